The first-order valence-corrected chi connectivity index (χ1v) is 6.23. The van der Waals surface area contributed by atoms with Gasteiger partial charge in [-0.15, -0.1) is 0 Å². The molecule has 17 heavy (non-hydrogen) atoms. The van der Waals surface area contributed by atoms with E-state index < -0.39 is 6.18 Å². The highest BCUT2D eigenvalue weighted by atomic mass is 19.4. The molecular formula is C12H21F3N2. The van der Waals surface area contributed by atoms with E-state index in [4.69, 9.17) is 0 Å². The van der Waals surface area contributed by atoms with Crippen LogP contribution in [0.1, 0.15) is 26.2 Å². The van der Waals surface area contributed by atoms with Crippen molar-refractivity contribution in [2.45, 2.75) is 32.4 Å². The fourth-order valence-corrected chi connectivity index (χ4v) is 1.93. The van der Waals surface area contributed by atoms with Crippen molar-refractivity contribution < 1.29 is 13.2 Å². The zero-order valence-corrected chi connectivity index (χ0v) is 10.3. The van der Waals surface area contributed by atoms with E-state index in [0.29, 0.717) is 13.1 Å². The normalized spacial score (nSPS) is 18.2. The Bertz CT molecular complexity index is 249. The summed E-state index contributed by atoms with van der Waals surface area (Å²) in [6.45, 7) is 5.90. The highest BCUT2D eigenvalue weighted by Crippen LogP contribution is 2.30. The molecule has 2 nitrogen and oxygen atoms in total. The molecule has 0 aromatic carbocycles. The first kappa shape index (κ1) is 14.5. The predicted octanol–water partition coefficient (Wildman–Crippen LogP) is 2.57. The van der Waals surface area contributed by atoms with Gasteiger partial charge in [-0.05, 0) is 38.9 Å². The largest absolute Gasteiger partial charge is 0.412 e. The Labute approximate surface area is 101 Å². The van der Waals surface area contributed by atoms with Crippen LogP contribution < -0.4 is 5.32 Å². The summed E-state index contributed by atoms with van der Waals surface area (Å²) in [4.78, 5) is 2.08. The zero-order valence-electron chi connectivity index (χ0n) is 10.3. The number of nitrogens with one attached hydrogen (secondary N) is 1. The molecule has 0 fully saturated rings. The molecule has 1 N–H and O–H groups in total. The molecule has 0 aromatic rings. The lowest BCUT2D eigenvalue weighted by molar-refractivity contribution is -0.0960. The fourth-order valence-electron chi connectivity index (χ4n) is 1.93. The van der Waals surface area contributed by atoms with Crippen LogP contribution in [-0.4, -0.2) is 43.8 Å². The molecule has 1 rings (SSSR count). The maximum absolute atomic E-state index is 12.4. The van der Waals surface area contributed by atoms with Gasteiger partial charge in [0, 0.05) is 18.7 Å². The molecule has 1 heterocycles. The van der Waals surface area contributed by atoms with Gasteiger partial charge in [-0.3, -0.25) is 4.90 Å². The number of unbranched alkanes of at least 4 members (excludes halogenated alkanes) is 1. The van der Waals surface area contributed by atoms with Crippen molar-refractivity contribution in [3.05, 3.63) is 11.6 Å². The average Bonchev–Trinajstić information content (AvgIpc) is 2.28. The molecule has 1 aliphatic heterocycles. The van der Waals surface area contributed by atoms with Crippen molar-refractivity contribution in [2.24, 2.45) is 0 Å². The van der Waals surface area contributed by atoms with Gasteiger partial charge in [0.15, 0.2) is 0 Å². The van der Waals surface area contributed by atoms with E-state index >= 15 is 0 Å². The second-order valence-corrected chi connectivity index (χ2v) is 4.34. The molecule has 0 atom stereocenters. The van der Waals surface area contributed by atoms with Gasteiger partial charge in [0.05, 0.1) is 0 Å². The molecule has 0 radical (unpaired) electrons. The molecule has 0 saturated heterocycles. The monoisotopic (exact) mass is 250 g/mol. The summed E-state index contributed by atoms with van der Waals surface area (Å²) in [5.41, 5.74) is -0.360. The molecule has 0 aliphatic carbocycles. The minimum atomic E-state index is -4.13. The third-order valence-electron chi connectivity index (χ3n) is 2.99. The lowest BCUT2D eigenvalue weighted by atomic mass is 10.1. The van der Waals surface area contributed by atoms with Gasteiger partial charge in [-0.1, -0.05) is 13.0 Å². The Hall–Kier alpha value is -0.550. The number of hydrogen-bond donors (Lipinski definition) is 1. The molecule has 0 unspecified atom stereocenters. The topological polar surface area (TPSA) is 15.3 Å². The summed E-state index contributed by atoms with van der Waals surface area (Å²) in [6.07, 6.45) is -0.538. The summed E-state index contributed by atoms with van der Waals surface area (Å²) in [7, 11) is 0. The van der Waals surface area contributed by atoms with Crippen molar-refractivity contribution in [1.82, 2.24) is 10.2 Å². The Kier molecular flexibility index (Phi) is 5.98. The van der Waals surface area contributed by atoms with Gasteiger partial charge in [-0.2, -0.15) is 13.2 Å². The summed E-state index contributed by atoms with van der Waals surface area (Å²) >= 11 is 0. The van der Waals surface area contributed by atoms with Crippen molar-refractivity contribution >= 4 is 0 Å². The summed E-state index contributed by atoms with van der Waals surface area (Å²) in [5, 5.41) is 3.23. The number of alkyl halides is 3. The average molecular weight is 250 g/mol. The van der Waals surface area contributed by atoms with Gasteiger partial charge in [0.2, 0.25) is 0 Å². The summed E-state index contributed by atoms with van der Waals surface area (Å²) < 4.78 is 37.1. The first-order valence-electron chi connectivity index (χ1n) is 6.23. The minimum Gasteiger partial charge on any atom is -0.317 e. The van der Waals surface area contributed by atoms with Gasteiger partial charge >= 0.3 is 6.18 Å². The minimum absolute atomic E-state index is 0.136. The molecule has 1 aliphatic rings. The maximum atomic E-state index is 12.4. The number of hydrogen-bond acceptors (Lipinski definition) is 2. The van der Waals surface area contributed by atoms with Gasteiger partial charge in [0.25, 0.3) is 0 Å². The Morgan fingerprint density at radius 1 is 1.35 bits per heavy atom. The second-order valence-electron chi connectivity index (χ2n) is 4.34. The van der Waals surface area contributed by atoms with Crippen LogP contribution in [0.2, 0.25) is 0 Å². The molecule has 0 bridgehead atoms. The van der Waals surface area contributed by atoms with E-state index in [2.05, 4.69) is 17.1 Å². The molecule has 100 valence electrons. The number of rotatable bonds is 6. The first-order chi connectivity index (χ1) is 8.04. The predicted molar refractivity (Wildman–Crippen MR) is 63.0 cm³/mol. The van der Waals surface area contributed by atoms with Crippen LogP contribution in [-0.2, 0) is 0 Å². The van der Waals surface area contributed by atoms with Gasteiger partial charge in [-0.25, -0.2) is 0 Å². The van der Waals surface area contributed by atoms with Crippen LogP contribution in [0.5, 0.6) is 0 Å². The van der Waals surface area contributed by atoms with Crippen molar-refractivity contribution in [3.8, 4) is 0 Å². The molecule has 5 heteroatoms. The van der Waals surface area contributed by atoms with E-state index in [1.165, 1.54) is 6.08 Å². The quantitative estimate of drug-likeness (QED) is 0.576. The third kappa shape index (κ3) is 5.55. The van der Waals surface area contributed by atoms with Crippen LogP contribution in [0.25, 0.3) is 0 Å². The van der Waals surface area contributed by atoms with Crippen molar-refractivity contribution in [2.75, 3.05) is 32.7 Å². The molecule has 0 saturated carbocycles. The van der Waals surface area contributed by atoms with Crippen LogP contribution >= 0.6 is 0 Å². The van der Waals surface area contributed by atoms with Gasteiger partial charge in [0.1, 0.15) is 0 Å². The lowest BCUT2D eigenvalue weighted by Crippen LogP contribution is -2.33. The van der Waals surface area contributed by atoms with Crippen LogP contribution in [0, 0.1) is 0 Å². The van der Waals surface area contributed by atoms with E-state index in [9.17, 15) is 13.2 Å². The molecular weight excluding hydrogens is 229 g/mol. The molecule has 0 aromatic heterocycles. The highest BCUT2D eigenvalue weighted by Gasteiger charge is 2.34. The number of nitrogens with zero attached hydrogens (tertiary/aromatic N) is 1. The smallest absolute Gasteiger partial charge is 0.317 e. The van der Waals surface area contributed by atoms with E-state index in [1.54, 1.807) is 0 Å². The van der Waals surface area contributed by atoms with Crippen molar-refractivity contribution in [1.29, 1.82) is 0 Å². The van der Waals surface area contributed by atoms with E-state index in [1.807, 2.05) is 0 Å². The standard InChI is InChI=1S/C12H21F3N2/c1-2-16-7-3-4-8-17-9-5-11(6-10-17)12(13,14)15/h5,16H,2-4,6-10H2,1H3. The van der Waals surface area contributed by atoms with Crippen LogP contribution in [0.4, 0.5) is 13.2 Å². The Morgan fingerprint density at radius 3 is 2.65 bits per heavy atom. The van der Waals surface area contributed by atoms with E-state index in [0.717, 1.165) is 32.5 Å². The van der Waals surface area contributed by atoms with Crippen LogP contribution in [0.3, 0.4) is 0 Å². The summed E-state index contributed by atoms with van der Waals surface area (Å²) in [5.74, 6) is 0. The molecule has 0 spiro atoms. The molecule has 0 amide bonds. The second kappa shape index (κ2) is 7.01. The third-order valence-corrected chi connectivity index (χ3v) is 2.99. The highest BCUT2D eigenvalue weighted by molar-refractivity contribution is 5.12. The maximum Gasteiger partial charge on any atom is 0.412 e. The zero-order chi connectivity index (χ0) is 12.7. The fraction of sp³-hybridized carbons (Fsp3) is 0.833. The number of halogens is 3. The van der Waals surface area contributed by atoms with Crippen molar-refractivity contribution in [3.63, 3.8) is 0 Å². The SMILES string of the molecule is CCNCCCCN1CC=C(C(F)(F)F)CC1. The Morgan fingerprint density at radius 2 is 2.12 bits per heavy atom. The lowest BCUT2D eigenvalue weighted by Gasteiger charge is -2.27. The van der Waals surface area contributed by atoms with Crippen LogP contribution in [0.15, 0.2) is 11.6 Å². The summed E-state index contributed by atoms with van der Waals surface area (Å²) in [6, 6.07) is 0. The van der Waals surface area contributed by atoms with E-state index in [-0.39, 0.29) is 12.0 Å². The Balaban J connectivity index is 2.17. The van der Waals surface area contributed by atoms with Gasteiger partial charge < -0.3 is 5.32 Å².